The number of benzene rings is 1. The summed E-state index contributed by atoms with van der Waals surface area (Å²) in [4.78, 5) is 10.1. The second kappa shape index (κ2) is 3.94. The van der Waals surface area contributed by atoms with Crippen molar-refractivity contribution < 1.29 is 4.92 Å². The molecule has 3 nitrogen and oxygen atoms in total. The summed E-state index contributed by atoms with van der Waals surface area (Å²) >= 11 is 11.3. The van der Waals surface area contributed by atoms with E-state index in [0.29, 0.717) is 11.1 Å². The SMILES string of the molecule is Cc1ccc(CCl)c(Cl)c1[N+](=O)[O-]. The van der Waals surface area contributed by atoms with Gasteiger partial charge in [-0.3, -0.25) is 10.1 Å². The number of aryl methyl sites for hydroxylation is 1. The fraction of sp³-hybridized carbons (Fsp3) is 0.250. The Bertz CT molecular complexity index is 352. The van der Waals surface area contributed by atoms with Crippen LogP contribution in [-0.4, -0.2) is 4.92 Å². The molecule has 0 N–H and O–H groups in total. The van der Waals surface area contributed by atoms with Crippen molar-refractivity contribution in [2.75, 3.05) is 0 Å². The van der Waals surface area contributed by atoms with E-state index in [1.807, 2.05) is 0 Å². The zero-order valence-electron chi connectivity index (χ0n) is 6.88. The van der Waals surface area contributed by atoms with Crippen molar-refractivity contribution >= 4 is 28.9 Å². The number of halogens is 2. The first-order valence-corrected chi connectivity index (χ1v) is 4.47. The van der Waals surface area contributed by atoms with E-state index in [1.165, 1.54) is 0 Å². The van der Waals surface area contributed by atoms with Gasteiger partial charge in [-0.05, 0) is 12.5 Å². The Morgan fingerprint density at radius 2 is 2.15 bits per heavy atom. The largest absolute Gasteiger partial charge is 0.291 e. The van der Waals surface area contributed by atoms with Crippen LogP contribution in [0, 0.1) is 17.0 Å². The molecule has 0 unspecified atom stereocenters. The van der Waals surface area contributed by atoms with E-state index in [4.69, 9.17) is 23.2 Å². The van der Waals surface area contributed by atoms with E-state index in [9.17, 15) is 10.1 Å². The smallest absolute Gasteiger partial charge is 0.258 e. The fourth-order valence-corrected chi connectivity index (χ4v) is 1.67. The monoisotopic (exact) mass is 219 g/mol. The molecule has 0 saturated carbocycles. The number of alkyl halides is 1. The molecule has 0 aliphatic heterocycles. The first-order valence-electron chi connectivity index (χ1n) is 3.56. The Kier molecular flexibility index (Phi) is 3.12. The quantitative estimate of drug-likeness (QED) is 0.436. The molecular formula is C8H7Cl2NO2. The van der Waals surface area contributed by atoms with Gasteiger partial charge in [0.15, 0.2) is 0 Å². The topological polar surface area (TPSA) is 43.1 Å². The summed E-state index contributed by atoms with van der Waals surface area (Å²) in [5.41, 5.74) is 1.07. The lowest BCUT2D eigenvalue weighted by atomic mass is 10.1. The highest BCUT2D eigenvalue weighted by Gasteiger charge is 2.18. The van der Waals surface area contributed by atoms with Crippen LogP contribution in [0.2, 0.25) is 5.02 Å². The molecule has 0 heterocycles. The summed E-state index contributed by atoms with van der Waals surface area (Å²) in [7, 11) is 0. The molecule has 0 aliphatic rings. The Morgan fingerprint density at radius 1 is 1.54 bits per heavy atom. The number of rotatable bonds is 2. The van der Waals surface area contributed by atoms with E-state index in [0.717, 1.165) is 0 Å². The van der Waals surface area contributed by atoms with Gasteiger partial charge in [-0.25, -0.2) is 0 Å². The van der Waals surface area contributed by atoms with Gasteiger partial charge in [-0.15, -0.1) is 11.6 Å². The Hall–Kier alpha value is -0.800. The van der Waals surface area contributed by atoms with Gasteiger partial charge in [-0.2, -0.15) is 0 Å². The minimum Gasteiger partial charge on any atom is -0.258 e. The maximum Gasteiger partial charge on any atom is 0.291 e. The number of hydrogen-bond donors (Lipinski definition) is 0. The summed E-state index contributed by atoms with van der Waals surface area (Å²) in [6.07, 6.45) is 0. The van der Waals surface area contributed by atoms with Crippen molar-refractivity contribution in [2.45, 2.75) is 12.8 Å². The minimum atomic E-state index is -0.492. The van der Waals surface area contributed by atoms with Gasteiger partial charge in [0, 0.05) is 11.4 Å². The zero-order valence-corrected chi connectivity index (χ0v) is 8.39. The summed E-state index contributed by atoms with van der Waals surface area (Å²) < 4.78 is 0. The predicted molar refractivity (Wildman–Crippen MR) is 52.4 cm³/mol. The molecule has 0 spiro atoms. The van der Waals surface area contributed by atoms with Crippen molar-refractivity contribution in [1.29, 1.82) is 0 Å². The molecule has 0 amide bonds. The Labute approximate surface area is 85.4 Å². The van der Waals surface area contributed by atoms with Gasteiger partial charge >= 0.3 is 0 Å². The molecule has 0 fully saturated rings. The van der Waals surface area contributed by atoms with Gasteiger partial charge < -0.3 is 0 Å². The maximum absolute atomic E-state index is 10.6. The van der Waals surface area contributed by atoms with Gasteiger partial charge in [-0.1, -0.05) is 23.7 Å². The van der Waals surface area contributed by atoms with Crippen LogP contribution in [0.15, 0.2) is 12.1 Å². The third-order valence-corrected chi connectivity index (χ3v) is 2.43. The van der Waals surface area contributed by atoms with Crippen LogP contribution in [0.3, 0.4) is 0 Å². The minimum absolute atomic E-state index is 0.0557. The lowest BCUT2D eigenvalue weighted by Gasteiger charge is -2.02. The highest BCUT2D eigenvalue weighted by atomic mass is 35.5. The van der Waals surface area contributed by atoms with E-state index < -0.39 is 4.92 Å². The molecule has 0 aromatic heterocycles. The molecule has 0 bridgehead atoms. The molecule has 1 rings (SSSR count). The summed E-state index contributed by atoms with van der Waals surface area (Å²) in [5, 5.41) is 10.7. The van der Waals surface area contributed by atoms with Gasteiger partial charge in [0.25, 0.3) is 5.69 Å². The average Bonchev–Trinajstić information content (AvgIpc) is 2.04. The van der Waals surface area contributed by atoms with Crippen LogP contribution in [0.5, 0.6) is 0 Å². The molecule has 0 radical (unpaired) electrons. The van der Waals surface area contributed by atoms with Crippen molar-refractivity contribution in [3.8, 4) is 0 Å². The molecule has 0 saturated heterocycles. The van der Waals surface area contributed by atoms with Crippen LogP contribution in [0.4, 0.5) is 5.69 Å². The molecule has 1 aromatic carbocycles. The summed E-state index contributed by atoms with van der Waals surface area (Å²) in [5.74, 6) is 0.181. The fourth-order valence-electron chi connectivity index (χ4n) is 1.03. The third-order valence-electron chi connectivity index (χ3n) is 1.72. The van der Waals surface area contributed by atoms with Crippen molar-refractivity contribution in [3.05, 3.63) is 38.4 Å². The van der Waals surface area contributed by atoms with Gasteiger partial charge in [0.1, 0.15) is 5.02 Å². The van der Waals surface area contributed by atoms with Crippen LogP contribution in [-0.2, 0) is 5.88 Å². The van der Waals surface area contributed by atoms with Crippen LogP contribution in [0.25, 0.3) is 0 Å². The predicted octanol–water partition coefficient (Wildman–Crippen LogP) is 3.30. The van der Waals surface area contributed by atoms with E-state index in [1.54, 1.807) is 19.1 Å². The summed E-state index contributed by atoms with van der Waals surface area (Å²) in [6.45, 7) is 1.64. The first kappa shape index (κ1) is 10.3. The van der Waals surface area contributed by atoms with Crippen LogP contribution in [0.1, 0.15) is 11.1 Å². The second-order valence-electron chi connectivity index (χ2n) is 2.59. The van der Waals surface area contributed by atoms with E-state index in [2.05, 4.69) is 0 Å². The first-order chi connectivity index (χ1) is 6.07. The van der Waals surface area contributed by atoms with E-state index >= 15 is 0 Å². The average molecular weight is 220 g/mol. The van der Waals surface area contributed by atoms with Crippen molar-refractivity contribution in [2.24, 2.45) is 0 Å². The molecule has 0 atom stereocenters. The van der Waals surface area contributed by atoms with Crippen molar-refractivity contribution in [3.63, 3.8) is 0 Å². The molecule has 0 aliphatic carbocycles. The summed E-state index contributed by atoms with van der Waals surface area (Å²) in [6, 6.07) is 3.33. The van der Waals surface area contributed by atoms with Gasteiger partial charge in [0.2, 0.25) is 0 Å². The zero-order chi connectivity index (χ0) is 10.0. The molecular weight excluding hydrogens is 213 g/mol. The Morgan fingerprint density at radius 3 is 2.62 bits per heavy atom. The van der Waals surface area contributed by atoms with Crippen LogP contribution < -0.4 is 0 Å². The lowest BCUT2D eigenvalue weighted by Crippen LogP contribution is -1.95. The lowest BCUT2D eigenvalue weighted by molar-refractivity contribution is -0.385. The highest BCUT2D eigenvalue weighted by molar-refractivity contribution is 6.34. The number of nitrogens with zero attached hydrogens (tertiary/aromatic N) is 1. The number of nitro benzene ring substituents is 1. The molecule has 1 aromatic rings. The second-order valence-corrected chi connectivity index (χ2v) is 3.24. The molecule has 5 heteroatoms. The normalized spacial score (nSPS) is 10.1. The van der Waals surface area contributed by atoms with Crippen molar-refractivity contribution in [1.82, 2.24) is 0 Å². The van der Waals surface area contributed by atoms with Gasteiger partial charge in [0.05, 0.1) is 4.92 Å². The number of nitro groups is 1. The highest BCUT2D eigenvalue weighted by Crippen LogP contribution is 2.31. The molecule has 70 valence electrons. The number of hydrogen-bond acceptors (Lipinski definition) is 2. The maximum atomic E-state index is 10.6. The standard InChI is InChI=1S/C8H7Cl2NO2/c1-5-2-3-6(4-9)7(10)8(5)11(12)13/h2-3H,4H2,1H3. The third kappa shape index (κ3) is 1.92. The Balaban J connectivity index is 3.38. The molecule has 13 heavy (non-hydrogen) atoms. The van der Waals surface area contributed by atoms with E-state index in [-0.39, 0.29) is 16.6 Å². The van der Waals surface area contributed by atoms with Crippen LogP contribution >= 0.6 is 23.2 Å².